The van der Waals surface area contributed by atoms with Gasteiger partial charge in [-0.2, -0.15) is 0 Å². The van der Waals surface area contributed by atoms with Gasteiger partial charge >= 0.3 is 6.03 Å². The number of likely N-dealkylation sites (tertiary alicyclic amines) is 1. The van der Waals surface area contributed by atoms with Crippen LogP contribution in [0.25, 0.3) is 0 Å². The molecule has 0 aromatic carbocycles. The van der Waals surface area contributed by atoms with Crippen LogP contribution >= 0.6 is 0 Å². The van der Waals surface area contributed by atoms with Gasteiger partial charge in [0.1, 0.15) is 0 Å². The third-order valence-corrected chi connectivity index (χ3v) is 6.46. The average Bonchev–Trinajstić information content (AvgIpc) is 2.99. The number of piperidine rings is 1. The highest BCUT2D eigenvalue weighted by molar-refractivity contribution is 7.89. The second kappa shape index (κ2) is 7.38. The van der Waals surface area contributed by atoms with Gasteiger partial charge in [-0.15, -0.1) is 0 Å². The fourth-order valence-electron chi connectivity index (χ4n) is 3.90. The van der Waals surface area contributed by atoms with Gasteiger partial charge in [-0.05, 0) is 42.9 Å². The smallest absolute Gasteiger partial charge is 0.317 e. The minimum Gasteiger partial charge on any atom is -0.337 e. The van der Waals surface area contributed by atoms with E-state index < -0.39 is 10.0 Å². The lowest BCUT2D eigenvalue weighted by molar-refractivity contribution is 0.159. The molecule has 1 heterocycles. The second-order valence-electron chi connectivity index (χ2n) is 7.89. The first-order valence-corrected chi connectivity index (χ1v) is 10.4. The molecule has 1 saturated carbocycles. The SMILES string of the molecule is CC(C)(CNC(=O)N1CCC(CS(N)(=O)=O)CC1)C1CCCC1. The molecule has 2 rings (SSSR count). The molecule has 1 saturated heterocycles. The normalized spacial score (nSPS) is 21.6. The molecule has 0 aromatic rings. The fourth-order valence-corrected chi connectivity index (χ4v) is 4.89. The molecule has 7 heteroatoms. The lowest BCUT2D eigenvalue weighted by Gasteiger charge is -2.35. The molecule has 2 aliphatic rings. The minimum atomic E-state index is -3.42. The molecule has 2 fully saturated rings. The summed E-state index contributed by atoms with van der Waals surface area (Å²) in [4.78, 5) is 14.1. The number of nitrogens with one attached hydrogen (secondary N) is 1. The number of urea groups is 1. The summed E-state index contributed by atoms with van der Waals surface area (Å²) in [5.74, 6) is 0.796. The molecule has 1 aliphatic carbocycles. The molecule has 0 aromatic heterocycles. The first-order chi connectivity index (χ1) is 10.7. The van der Waals surface area contributed by atoms with E-state index in [0.29, 0.717) is 38.4 Å². The van der Waals surface area contributed by atoms with Gasteiger partial charge in [0.05, 0.1) is 5.75 Å². The Morgan fingerprint density at radius 2 is 1.74 bits per heavy atom. The Bertz CT molecular complexity index is 505. The maximum absolute atomic E-state index is 12.3. The summed E-state index contributed by atoms with van der Waals surface area (Å²) in [5, 5.41) is 8.17. The molecule has 134 valence electrons. The van der Waals surface area contributed by atoms with Crippen LogP contribution in [0.15, 0.2) is 0 Å². The number of primary sulfonamides is 1. The molecule has 3 N–H and O–H groups in total. The number of hydrogen-bond acceptors (Lipinski definition) is 3. The number of amides is 2. The van der Waals surface area contributed by atoms with Crippen LogP contribution < -0.4 is 10.5 Å². The Hall–Kier alpha value is -0.820. The van der Waals surface area contributed by atoms with Gasteiger partial charge < -0.3 is 10.2 Å². The van der Waals surface area contributed by atoms with Crippen LogP contribution in [0.4, 0.5) is 4.79 Å². The van der Waals surface area contributed by atoms with E-state index in [-0.39, 0.29) is 23.1 Å². The van der Waals surface area contributed by atoms with Crippen molar-refractivity contribution < 1.29 is 13.2 Å². The molecule has 6 nitrogen and oxygen atoms in total. The number of carbonyl (C=O) groups excluding carboxylic acids is 1. The first kappa shape index (κ1) is 18.5. The zero-order valence-electron chi connectivity index (χ0n) is 14.4. The number of carbonyl (C=O) groups is 1. The minimum absolute atomic E-state index is 0.0230. The van der Waals surface area contributed by atoms with Gasteiger partial charge in [-0.1, -0.05) is 26.7 Å². The van der Waals surface area contributed by atoms with Crippen LogP contribution in [-0.4, -0.2) is 44.7 Å². The van der Waals surface area contributed by atoms with Crippen molar-refractivity contribution >= 4 is 16.1 Å². The van der Waals surface area contributed by atoms with Gasteiger partial charge in [0.15, 0.2) is 0 Å². The third-order valence-electron chi connectivity index (χ3n) is 5.53. The van der Waals surface area contributed by atoms with Crippen molar-refractivity contribution in [2.75, 3.05) is 25.4 Å². The molecule has 0 radical (unpaired) electrons. The summed E-state index contributed by atoms with van der Waals surface area (Å²) >= 11 is 0. The van der Waals surface area contributed by atoms with Crippen molar-refractivity contribution in [2.24, 2.45) is 22.4 Å². The van der Waals surface area contributed by atoms with Crippen molar-refractivity contribution in [3.8, 4) is 0 Å². The van der Waals surface area contributed by atoms with E-state index in [1.54, 1.807) is 4.90 Å². The Kier molecular flexibility index (Phi) is 5.94. The third kappa shape index (κ3) is 5.64. The first-order valence-electron chi connectivity index (χ1n) is 8.70. The summed E-state index contributed by atoms with van der Waals surface area (Å²) in [6, 6.07) is -0.0230. The van der Waals surface area contributed by atoms with Gasteiger partial charge in [0.25, 0.3) is 0 Å². The lowest BCUT2D eigenvalue weighted by atomic mass is 9.78. The van der Waals surface area contributed by atoms with Crippen LogP contribution in [-0.2, 0) is 10.0 Å². The van der Waals surface area contributed by atoms with E-state index in [9.17, 15) is 13.2 Å². The van der Waals surface area contributed by atoms with Crippen molar-refractivity contribution in [3.05, 3.63) is 0 Å². The molecular formula is C16H31N3O3S. The molecule has 0 atom stereocenters. The van der Waals surface area contributed by atoms with Gasteiger partial charge in [0.2, 0.25) is 10.0 Å². The van der Waals surface area contributed by atoms with E-state index >= 15 is 0 Å². The number of nitrogens with zero attached hydrogens (tertiary/aromatic N) is 1. The number of sulfonamides is 1. The Morgan fingerprint density at radius 1 is 1.17 bits per heavy atom. The zero-order chi connectivity index (χ0) is 17.1. The topological polar surface area (TPSA) is 92.5 Å². The van der Waals surface area contributed by atoms with E-state index in [4.69, 9.17) is 5.14 Å². The maximum Gasteiger partial charge on any atom is 0.317 e. The van der Waals surface area contributed by atoms with E-state index in [0.717, 1.165) is 0 Å². The Labute approximate surface area is 140 Å². The van der Waals surface area contributed by atoms with Crippen LogP contribution in [0.1, 0.15) is 52.4 Å². The van der Waals surface area contributed by atoms with Gasteiger partial charge in [-0.3, -0.25) is 0 Å². The summed E-state index contributed by atoms with van der Waals surface area (Å²) < 4.78 is 22.3. The molecule has 1 aliphatic heterocycles. The van der Waals surface area contributed by atoms with Crippen molar-refractivity contribution in [1.29, 1.82) is 0 Å². The lowest BCUT2D eigenvalue weighted by Crippen LogP contribution is -2.48. The van der Waals surface area contributed by atoms with Crippen LogP contribution in [0, 0.1) is 17.3 Å². The van der Waals surface area contributed by atoms with Gasteiger partial charge in [0, 0.05) is 19.6 Å². The van der Waals surface area contributed by atoms with Gasteiger partial charge in [-0.25, -0.2) is 18.4 Å². The number of rotatable bonds is 5. The Morgan fingerprint density at radius 3 is 2.26 bits per heavy atom. The number of nitrogens with two attached hydrogens (primary N) is 1. The maximum atomic E-state index is 12.3. The molecule has 0 bridgehead atoms. The summed E-state index contributed by atoms with van der Waals surface area (Å²) in [6.07, 6.45) is 6.55. The highest BCUT2D eigenvalue weighted by Gasteiger charge is 2.33. The molecule has 0 unspecified atom stereocenters. The van der Waals surface area contributed by atoms with Crippen molar-refractivity contribution in [3.63, 3.8) is 0 Å². The van der Waals surface area contributed by atoms with Crippen molar-refractivity contribution in [2.45, 2.75) is 52.4 Å². The zero-order valence-corrected chi connectivity index (χ0v) is 15.2. The van der Waals surface area contributed by atoms with Crippen LogP contribution in [0.2, 0.25) is 0 Å². The molecular weight excluding hydrogens is 314 g/mol. The van der Waals surface area contributed by atoms with E-state index in [1.807, 2.05) is 0 Å². The number of hydrogen-bond donors (Lipinski definition) is 2. The highest BCUT2D eigenvalue weighted by Crippen LogP contribution is 2.39. The predicted octanol–water partition coefficient (Wildman–Crippen LogP) is 1.91. The average molecular weight is 346 g/mol. The molecule has 2 amide bonds. The highest BCUT2D eigenvalue weighted by atomic mass is 32.2. The fraction of sp³-hybridized carbons (Fsp3) is 0.938. The monoisotopic (exact) mass is 345 g/mol. The molecule has 23 heavy (non-hydrogen) atoms. The summed E-state index contributed by atoms with van der Waals surface area (Å²) in [5.41, 5.74) is 0.137. The predicted molar refractivity (Wildman–Crippen MR) is 91.4 cm³/mol. The van der Waals surface area contributed by atoms with Crippen molar-refractivity contribution in [1.82, 2.24) is 10.2 Å². The molecule has 0 spiro atoms. The van der Waals surface area contributed by atoms with E-state index in [1.165, 1.54) is 25.7 Å². The quantitative estimate of drug-likeness (QED) is 0.797. The largest absolute Gasteiger partial charge is 0.337 e. The standard InChI is InChI=1S/C16H31N3O3S/c1-16(2,14-5-3-4-6-14)12-18-15(20)19-9-7-13(8-10-19)11-23(17,21)22/h13-14H,3-12H2,1-2H3,(H,18,20)(H2,17,21,22). The summed E-state index contributed by atoms with van der Waals surface area (Å²) in [7, 11) is -3.42. The van der Waals surface area contributed by atoms with Crippen LogP contribution in [0.3, 0.4) is 0 Å². The van der Waals surface area contributed by atoms with E-state index in [2.05, 4.69) is 19.2 Å². The Balaban J connectivity index is 1.74. The summed E-state index contributed by atoms with van der Waals surface area (Å²) in [6.45, 7) is 6.39. The van der Waals surface area contributed by atoms with Crippen LogP contribution in [0.5, 0.6) is 0 Å². The second-order valence-corrected chi connectivity index (χ2v) is 9.55.